The summed E-state index contributed by atoms with van der Waals surface area (Å²) in [4.78, 5) is 28.5. The maximum Gasteiger partial charge on any atom is 0.326 e. The van der Waals surface area contributed by atoms with Gasteiger partial charge in [-0.25, -0.2) is 17.9 Å². The van der Waals surface area contributed by atoms with E-state index in [1.165, 1.54) is 7.05 Å². The predicted molar refractivity (Wildman–Crippen MR) is 103 cm³/mol. The van der Waals surface area contributed by atoms with E-state index in [0.29, 0.717) is 26.0 Å². The fourth-order valence-electron chi connectivity index (χ4n) is 4.81. The first kappa shape index (κ1) is 20.1. The zero-order chi connectivity index (χ0) is 20.1. The Morgan fingerprint density at radius 1 is 1.18 bits per heavy atom. The van der Waals surface area contributed by atoms with Crippen LogP contribution in [-0.4, -0.2) is 73.3 Å². The van der Waals surface area contributed by atoms with Crippen LogP contribution in [0.25, 0.3) is 0 Å². The van der Waals surface area contributed by atoms with E-state index >= 15 is 0 Å². The Hall–Kier alpha value is -1.19. The fraction of sp³-hybridized carbons (Fsp3) is 0.895. The second-order valence-corrected chi connectivity index (χ2v) is 11.1. The van der Waals surface area contributed by atoms with Gasteiger partial charge in [0, 0.05) is 31.8 Å². The summed E-state index contributed by atoms with van der Waals surface area (Å²) in [5.41, 5.74) is -0.316. The number of hydrogen-bond acceptors (Lipinski definition) is 5. The maximum absolute atomic E-state index is 12.8. The third-order valence-corrected chi connectivity index (χ3v) is 8.93. The van der Waals surface area contributed by atoms with E-state index in [2.05, 4.69) is 4.72 Å². The van der Waals surface area contributed by atoms with Gasteiger partial charge in [0.15, 0.2) is 0 Å². The highest BCUT2D eigenvalue weighted by atomic mass is 32.2. The van der Waals surface area contributed by atoms with Gasteiger partial charge >= 0.3 is 6.03 Å². The SMILES string of the molecule is CN1C(=O)C2CC(S(=O)(=O)NC3(C)CC3)CCC2N(CC2CCCCO2)C1=O. The van der Waals surface area contributed by atoms with Gasteiger partial charge in [0.2, 0.25) is 15.9 Å². The molecule has 3 amide bonds. The van der Waals surface area contributed by atoms with Crippen LogP contribution in [0.2, 0.25) is 0 Å². The molecular weight excluding hydrogens is 382 g/mol. The molecule has 0 spiro atoms. The van der Waals surface area contributed by atoms with E-state index in [1.807, 2.05) is 6.92 Å². The van der Waals surface area contributed by atoms with Gasteiger partial charge in [0.25, 0.3) is 0 Å². The zero-order valence-corrected chi connectivity index (χ0v) is 17.5. The summed E-state index contributed by atoms with van der Waals surface area (Å²) in [6.07, 6.45) is 6.03. The molecule has 2 saturated heterocycles. The first-order valence-electron chi connectivity index (χ1n) is 10.4. The van der Waals surface area contributed by atoms with Crippen molar-refractivity contribution in [1.29, 1.82) is 0 Å². The Balaban J connectivity index is 1.50. The van der Waals surface area contributed by atoms with E-state index in [-0.39, 0.29) is 36.0 Å². The van der Waals surface area contributed by atoms with Gasteiger partial charge in [0.1, 0.15) is 0 Å². The molecule has 0 radical (unpaired) electrons. The Morgan fingerprint density at radius 2 is 1.93 bits per heavy atom. The highest BCUT2D eigenvalue weighted by molar-refractivity contribution is 7.90. The number of sulfonamides is 1. The normalized spacial score (nSPS) is 35.6. The molecule has 0 aromatic rings. The summed E-state index contributed by atoms with van der Waals surface area (Å²) in [6.45, 7) is 3.10. The molecule has 1 N–H and O–H groups in total. The number of amides is 3. The summed E-state index contributed by atoms with van der Waals surface area (Å²) < 4.78 is 34.3. The van der Waals surface area contributed by atoms with Crippen molar-refractivity contribution in [2.75, 3.05) is 20.2 Å². The number of rotatable bonds is 5. The van der Waals surface area contributed by atoms with Gasteiger partial charge in [-0.15, -0.1) is 0 Å². The number of nitrogens with zero attached hydrogens (tertiary/aromatic N) is 2. The summed E-state index contributed by atoms with van der Waals surface area (Å²) in [5, 5.41) is -0.579. The number of nitrogens with one attached hydrogen (secondary N) is 1. The predicted octanol–water partition coefficient (Wildman–Crippen LogP) is 1.46. The van der Waals surface area contributed by atoms with Gasteiger partial charge < -0.3 is 9.64 Å². The summed E-state index contributed by atoms with van der Waals surface area (Å²) in [6, 6.07) is -0.518. The van der Waals surface area contributed by atoms with E-state index < -0.39 is 21.2 Å². The lowest BCUT2D eigenvalue weighted by molar-refractivity contribution is -0.140. The lowest BCUT2D eigenvalue weighted by Crippen LogP contribution is -2.64. The monoisotopic (exact) mass is 413 g/mol. The Labute approximate surface area is 167 Å². The van der Waals surface area contributed by atoms with Gasteiger partial charge in [-0.3, -0.25) is 9.69 Å². The molecule has 4 rings (SSSR count). The smallest absolute Gasteiger partial charge is 0.326 e. The summed E-state index contributed by atoms with van der Waals surface area (Å²) >= 11 is 0. The molecule has 4 fully saturated rings. The lowest BCUT2D eigenvalue weighted by atomic mass is 9.80. The van der Waals surface area contributed by atoms with Crippen LogP contribution < -0.4 is 4.72 Å². The topological polar surface area (TPSA) is 96.0 Å². The standard InChI is InChI=1S/C19H31N3O5S/c1-19(8-9-19)20-28(25,26)14-6-7-16-15(11-14)17(23)21(2)18(24)22(16)12-13-5-3-4-10-27-13/h13-16,20H,3-12H2,1-2H3. The quantitative estimate of drug-likeness (QED) is 0.736. The van der Waals surface area contributed by atoms with Crippen molar-refractivity contribution in [3.05, 3.63) is 0 Å². The minimum absolute atomic E-state index is 0.00195. The number of imide groups is 1. The van der Waals surface area contributed by atoms with E-state index in [9.17, 15) is 18.0 Å². The van der Waals surface area contributed by atoms with Crippen LogP contribution in [0.4, 0.5) is 4.79 Å². The molecular formula is C19H31N3O5S. The van der Waals surface area contributed by atoms with Crippen LogP contribution in [0, 0.1) is 5.92 Å². The number of carbonyl (C=O) groups excluding carboxylic acids is 2. The molecule has 0 aromatic carbocycles. The fourth-order valence-corrected chi connectivity index (χ4v) is 6.78. The van der Waals surface area contributed by atoms with E-state index in [1.54, 1.807) is 4.90 Å². The maximum atomic E-state index is 12.8. The van der Waals surface area contributed by atoms with E-state index in [0.717, 1.165) is 37.0 Å². The van der Waals surface area contributed by atoms with Crippen LogP contribution in [0.1, 0.15) is 58.3 Å². The number of urea groups is 1. The molecule has 4 unspecified atom stereocenters. The van der Waals surface area contributed by atoms with Gasteiger partial charge in [-0.1, -0.05) is 0 Å². The number of hydrogen-bond donors (Lipinski definition) is 1. The highest BCUT2D eigenvalue weighted by Crippen LogP contribution is 2.40. The van der Waals surface area contributed by atoms with Crippen LogP contribution in [-0.2, 0) is 19.6 Å². The molecule has 2 saturated carbocycles. The Morgan fingerprint density at radius 3 is 2.57 bits per heavy atom. The van der Waals surface area contributed by atoms with Crippen LogP contribution in [0.3, 0.4) is 0 Å². The number of ether oxygens (including phenoxy) is 1. The van der Waals surface area contributed by atoms with Crippen molar-refractivity contribution in [2.45, 2.75) is 81.2 Å². The average Bonchev–Trinajstić information content (AvgIpc) is 3.39. The number of carbonyl (C=O) groups is 2. The second kappa shape index (κ2) is 7.25. The van der Waals surface area contributed by atoms with Crippen molar-refractivity contribution in [1.82, 2.24) is 14.5 Å². The first-order chi connectivity index (χ1) is 13.2. The highest BCUT2D eigenvalue weighted by Gasteiger charge is 2.51. The third-order valence-electron chi connectivity index (χ3n) is 6.85. The molecule has 0 bridgehead atoms. The van der Waals surface area contributed by atoms with Crippen molar-refractivity contribution < 1.29 is 22.7 Å². The van der Waals surface area contributed by atoms with Crippen molar-refractivity contribution in [2.24, 2.45) is 5.92 Å². The molecule has 2 aliphatic heterocycles. The van der Waals surface area contributed by atoms with Crippen molar-refractivity contribution >= 4 is 22.0 Å². The zero-order valence-electron chi connectivity index (χ0n) is 16.7. The molecule has 9 heteroatoms. The largest absolute Gasteiger partial charge is 0.376 e. The van der Waals surface area contributed by atoms with Crippen LogP contribution >= 0.6 is 0 Å². The average molecular weight is 414 g/mol. The summed E-state index contributed by atoms with van der Waals surface area (Å²) in [7, 11) is -1.98. The van der Waals surface area contributed by atoms with Crippen molar-refractivity contribution in [3.63, 3.8) is 0 Å². The minimum atomic E-state index is -3.48. The van der Waals surface area contributed by atoms with Gasteiger partial charge in [-0.05, 0) is 58.3 Å². The number of fused-ring (bicyclic) bond motifs is 1. The van der Waals surface area contributed by atoms with Gasteiger partial charge in [0.05, 0.1) is 17.3 Å². The Kier molecular flexibility index (Phi) is 5.20. The molecule has 4 atom stereocenters. The molecule has 4 aliphatic rings. The van der Waals surface area contributed by atoms with Crippen molar-refractivity contribution in [3.8, 4) is 0 Å². The van der Waals surface area contributed by atoms with Crippen LogP contribution in [0.5, 0.6) is 0 Å². The Bertz CT molecular complexity index is 745. The van der Waals surface area contributed by atoms with E-state index in [4.69, 9.17) is 4.74 Å². The van der Waals surface area contributed by atoms with Gasteiger partial charge in [-0.2, -0.15) is 0 Å². The molecule has 158 valence electrons. The second-order valence-electron chi connectivity index (χ2n) is 9.14. The molecule has 2 aliphatic carbocycles. The minimum Gasteiger partial charge on any atom is -0.376 e. The third kappa shape index (κ3) is 3.80. The summed E-state index contributed by atoms with van der Waals surface area (Å²) in [5.74, 6) is -0.720. The first-order valence-corrected chi connectivity index (χ1v) is 12.0. The van der Waals surface area contributed by atoms with Crippen LogP contribution in [0.15, 0.2) is 0 Å². The molecule has 2 heterocycles. The molecule has 28 heavy (non-hydrogen) atoms. The molecule has 8 nitrogen and oxygen atoms in total. The lowest BCUT2D eigenvalue weighted by Gasteiger charge is -2.48. The molecule has 0 aromatic heterocycles.